The minimum atomic E-state index is -3.88. The summed E-state index contributed by atoms with van der Waals surface area (Å²) in [6.45, 7) is 1.91. The Morgan fingerprint density at radius 3 is 2.15 bits per heavy atom. The van der Waals surface area contributed by atoms with Crippen molar-refractivity contribution < 1.29 is 10.9 Å². The molecular weight excluding hydrogens is 539 g/mol. The molecule has 0 radical (unpaired) electrons. The van der Waals surface area contributed by atoms with Crippen LogP contribution in [0.25, 0.3) is 0 Å². The first-order chi connectivity index (χ1) is 12.9. The number of hydrogen-bond donors (Lipinski definition) is 0. The molecule has 138 valence electrons. The Kier molecular flexibility index (Phi) is 6.71. The molecule has 0 atom stereocenters. The van der Waals surface area contributed by atoms with Crippen LogP contribution in [0.15, 0.2) is 88.2 Å². The van der Waals surface area contributed by atoms with Crippen LogP contribution in [0.3, 0.4) is 0 Å². The monoisotopic (exact) mass is 554 g/mol. The summed E-state index contributed by atoms with van der Waals surface area (Å²) < 4.78 is 36.0. The topological polar surface area (TPSA) is 43.4 Å². The molecular formula is C21H16BrIO3S. The van der Waals surface area contributed by atoms with Gasteiger partial charge >= 0.3 is 177 Å². The molecule has 3 aromatic carbocycles. The van der Waals surface area contributed by atoms with Crippen molar-refractivity contribution in [3.8, 4) is 9.85 Å². The van der Waals surface area contributed by atoms with Gasteiger partial charge in [-0.15, -0.1) is 0 Å². The van der Waals surface area contributed by atoms with Gasteiger partial charge < -0.3 is 0 Å². The number of aryl methyl sites for hydroxylation is 1. The predicted molar refractivity (Wildman–Crippen MR) is 120 cm³/mol. The van der Waals surface area contributed by atoms with E-state index in [9.17, 15) is 8.42 Å². The van der Waals surface area contributed by atoms with Gasteiger partial charge in [-0.25, -0.2) is 0 Å². The average molecular weight is 555 g/mol. The molecule has 6 heteroatoms. The summed E-state index contributed by atoms with van der Waals surface area (Å²) in [5.41, 5.74) is 1.80. The fraction of sp³-hybridized carbons (Fsp3) is 0.0476. The molecule has 0 saturated carbocycles. The van der Waals surface area contributed by atoms with Gasteiger partial charge in [0.1, 0.15) is 0 Å². The Hall–Kier alpha value is -1.66. The fourth-order valence-corrected chi connectivity index (χ4v) is 8.04. The van der Waals surface area contributed by atoms with Gasteiger partial charge in [0.15, 0.2) is 0 Å². The Labute approximate surface area is 176 Å². The summed E-state index contributed by atoms with van der Waals surface area (Å²) in [5, 5.41) is 0. The Balaban J connectivity index is 1.93. The number of benzene rings is 3. The van der Waals surface area contributed by atoms with Gasteiger partial charge in [-0.2, -0.15) is 0 Å². The van der Waals surface area contributed by atoms with Crippen LogP contribution in [0.4, 0.5) is 0 Å². The quantitative estimate of drug-likeness (QED) is 0.304. The van der Waals surface area contributed by atoms with Gasteiger partial charge in [0.05, 0.1) is 0 Å². The van der Waals surface area contributed by atoms with Crippen LogP contribution >= 0.6 is 36.2 Å². The number of hydrogen-bond acceptors (Lipinski definition) is 3. The third-order valence-corrected chi connectivity index (χ3v) is 10.3. The fourth-order valence-electron chi connectivity index (χ4n) is 2.09. The molecule has 0 saturated heterocycles. The van der Waals surface area contributed by atoms with Gasteiger partial charge in [0.25, 0.3) is 0 Å². The van der Waals surface area contributed by atoms with Gasteiger partial charge in [0, 0.05) is 0 Å². The van der Waals surface area contributed by atoms with Crippen LogP contribution in [0.1, 0.15) is 11.1 Å². The molecule has 0 N–H and O–H groups in total. The third-order valence-electron chi connectivity index (χ3n) is 3.51. The summed E-state index contributed by atoms with van der Waals surface area (Å²) in [6.07, 6.45) is 0. The molecule has 0 aliphatic rings. The second kappa shape index (κ2) is 9.02. The molecule has 0 fully saturated rings. The number of halogens is 2. The van der Waals surface area contributed by atoms with E-state index in [1.807, 2.05) is 61.5 Å². The Morgan fingerprint density at radius 1 is 0.889 bits per heavy atom. The average Bonchev–Trinajstić information content (AvgIpc) is 2.67. The SMILES string of the molecule is Cc1ccc(S(=O)(=O)OI(C#Cc2ccc(Br)cc2)c2ccccc2)cc1. The van der Waals surface area contributed by atoms with E-state index in [-0.39, 0.29) is 4.90 Å². The Morgan fingerprint density at radius 2 is 1.52 bits per heavy atom. The van der Waals surface area contributed by atoms with E-state index >= 15 is 0 Å². The van der Waals surface area contributed by atoms with E-state index in [1.54, 1.807) is 24.3 Å². The standard InChI is InChI=1S/C21H16BrIO3S/c1-17-7-13-21(14-8-17)27(24,25)26-23(20-5-3-2-4-6-20)16-15-18-9-11-19(22)12-10-18/h2-14H,1H3. The van der Waals surface area contributed by atoms with E-state index < -0.39 is 30.4 Å². The van der Waals surface area contributed by atoms with Crippen LogP contribution in [-0.4, -0.2) is 8.42 Å². The summed E-state index contributed by atoms with van der Waals surface area (Å²) >= 11 is 0.638. The van der Waals surface area contributed by atoms with Crippen LogP contribution in [-0.2, 0) is 12.6 Å². The zero-order chi connectivity index (χ0) is 19.3. The van der Waals surface area contributed by atoms with E-state index in [2.05, 4.69) is 25.8 Å². The zero-order valence-corrected chi connectivity index (χ0v) is 19.0. The van der Waals surface area contributed by atoms with Gasteiger partial charge in [-0.05, 0) is 0 Å². The van der Waals surface area contributed by atoms with E-state index in [4.69, 9.17) is 2.51 Å². The second-order valence-corrected chi connectivity index (χ2v) is 12.3. The minimum absolute atomic E-state index is 0.150. The molecule has 0 aliphatic heterocycles. The van der Waals surface area contributed by atoms with Crippen molar-refractivity contribution in [2.75, 3.05) is 0 Å². The van der Waals surface area contributed by atoms with Gasteiger partial charge in [-0.1, -0.05) is 0 Å². The van der Waals surface area contributed by atoms with Crippen LogP contribution in [0.5, 0.6) is 0 Å². The van der Waals surface area contributed by atoms with E-state index in [1.165, 1.54) is 0 Å². The van der Waals surface area contributed by atoms with Crippen LogP contribution < -0.4 is 0 Å². The van der Waals surface area contributed by atoms with E-state index in [0.29, 0.717) is 0 Å². The Bertz CT molecular complexity index is 1070. The summed E-state index contributed by atoms with van der Waals surface area (Å²) in [6, 6.07) is 23.5. The first kappa shape index (κ1) is 20.1. The van der Waals surface area contributed by atoms with Gasteiger partial charge in [0.2, 0.25) is 0 Å². The normalized spacial score (nSPS) is 11.4. The van der Waals surface area contributed by atoms with E-state index in [0.717, 1.165) is 19.2 Å². The van der Waals surface area contributed by atoms with Crippen LogP contribution in [0, 0.1) is 20.3 Å². The summed E-state index contributed by atoms with van der Waals surface area (Å²) in [5.74, 6) is 3.06. The van der Waals surface area contributed by atoms with Crippen molar-refractivity contribution in [3.63, 3.8) is 0 Å². The first-order valence-corrected chi connectivity index (χ1v) is 13.2. The predicted octanol–water partition coefficient (Wildman–Crippen LogP) is 5.76. The van der Waals surface area contributed by atoms with Gasteiger partial charge in [-0.3, -0.25) is 0 Å². The summed E-state index contributed by atoms with van der Waals surface area (Å²) in [7, 11) is -3.88. The number of rotatable bonds is 4. The van der Waals surface area contributed by atoms with Crippen LogP contribution in [0.2, 0.25) is 0 Å². The zero-order valence-electron chi connectivity index (χ0n) is 14.4. The molecule has 0 heterocycles. The first-order valence-electron chi connectivity index (χ1n) is 7.98. The third kappa shape index (κ3) is 5.66. The molecule has 0 unspecified atom stereocenters. The van der Waals surface area contributed by atoms with Crippen molar-refractivity contribution in [2.24, 2.45) is 0 Å². The molecule has 3 aromatic rings. The molecule has 27 heavy (non-hydrogen) atoms. The van der Waals surface area contributed by atoms with Crippen molar-refractivity contribution in [1.29, 1.82) is 0 Å². The van der Waals surface area contributed by atoms with Crippen molar-refractivity contribution in [1.82, 2.24) is 0 Å². The molecule has 0 aliphatic carbocycles. The molecule has 3 nitrogen and oxygen atoms in total. The molecule has 0 aromatic heterocycles. The second-order valence-electron chi connectivity index (χ2n) is 5.60. The van der Waals surface area contributed by atoms with Crippen molar-refractivity contribution in [2.45, 2.75) is 11.8 Å². The molecule has 0 spiro atoms. The molecule has 3 rings (SSSR count). The van der Waals surface area contributed by atoms with Crippen molar-refractivity contribution >= 4 is 46.3 Å². The molecule has 0 amide bonds. The summed E-state index contributed by atoms with van der Waals surface area (Å²) in [4.78, 5) is 0.150. The maximum atomic E-state index is 12.7. The maximum absolute atomic E-state index is 12.7. The van der Waals surface area contributed by atoms with Crippen molar-refractivity contribution in [3.05, 3.63) is 98.0 Å². The molecule has 0 bridgehead atoms.